The molecule has 138 valence electrons. The van der Waals surface area contributed by atoms with Crippen LogP contribution in [-0.2, 0) is 9.59 Å². The predicted molar refractivity (Wildman–Crippen MR) is 106 cm³/mol. The Morgan fingerprint density at radius 2 is 1.74 bits per heavy atom. The number of amides is 4. The molecule has 1 saturated heterocycles. The second kappa shape index (κ2) is 7.34. The van der Waals surface area contributed by atoms with E-state index in [1.165, 1.54) is 18.2 Å². The van der Waals surface area contributed by atoms with Crippen LogP contribution in [0.5, 0.6) is 5.75 Å². The molecule has 0 unspecified atom stereocenters. The summed E-state index contributed by atoms with van der Waals surface area (Å²) in [4.78, 5) is 38.1. The lowest BCUT2D eigenvalue weighted by atomic mass is 10.1. The highest BCUT2D eigenvalue weighted by atomic mass is 79.9. The second-order valence-corrected chi connectivity index (χ2v) is 7.39. The van der Waals surface area contributed by atoms with E-state index in [1.807, 2.05) is 6.92 Å². The topological polar surface area (TPSA) is 86.7 Å². The second-order valence-electron chi connectivity index (χ2n) is 5.72. The molecular weight excluding hydrogens is 459 g/mol. The van der Waals surface area contributed by atoms with Gasteiger partial charge in [0.15, 0.2) is 5.75 Å². The number of phenols is 1. The van der Waals surface area contributed by atoms with E-state index in [0.717, 1.165) is 14.9 Å². The number of phenolic OH excluding ortho intramolecular Hbond substituents is 1. The van der Waals surface area contributed by atoms with Gasteiger partial charge in [-0.25, -0.2) is 9.69 Å². The maximum atomic E-state index is 12.8. The fourth-order valence-electron chi connectivity index (χ4n) is 2.50. The molecule has 2 aromatic carbocycles. The van der Waals surface area contributed by atoms with Gasteiger partial charge in [-0.2, -0.15) is 0 Å². The number of halogens is 3. The third-order valence-electron chi connectivity index (χ3n) is 3.85. The largest absolute Gasteiger partial charge is 0.505 e. The normalized spacial score (nSPS) is 16.1. The molecule has 27 heavy (non-hydrogen) atoms. The van der Waals surface area contributed by atoms with Crippen LogP contribution in [0.4, 0.5) is 10.5 Å². The number of imide groups is 2. The van der Waals surface area contributed by atoms with E-state index in [-0.39, 0.29) is 21.4 Å². The maximum Gasteiger partial charge on any atom is 0.335 e. The Labute approximate surface area is 172 Å². The lowest BCUT2D eigenvalue weighted by molar-refractivity contribution is -0.122. The van der Waals surface area contributed by atoms with Crippen LogP contribution in [0, 0.1) is 6.92 Å². The van der Waals surface area contributed by atoms with Crippen molar-refractivity contribution in [3.63, 3.8) is 0 Å². The van der Waals surface area contributed by atoms with Crippen molar-refractivity contribution < 1.29 is 19.5 Å². The molecule has 0 bridgehead atoms. The number of barbiturate groups is 1. The smallest absolute Gasteiger partial charge is 0.335 e. The number of urea groups is 1. The molecule has 0 saturated carbocycles. The Balaban J connectivity index is 2.06. The van der Waals surface area contributed by atoms with Crippen LogP contribution in [0.15, 0.2) is 40.4 Å². The van der Waals surface area contributed by atoms with E-state index in [0.29, 0.717) is 11.3 Å². The van der Waals surface area contributed by atoms with Crippen LogP contribution in [0.2, 0.25) is 10.0 Å². The summed E-state index contributed by atoms with van der Waals surface area (Å²) in [7, 11) is 0. The third kappa shape index (κ3) is 3.71. The summed E-state index contributed by atoms with van der Waals surface area (Å²) in [5, 5.41) is 11.7. The van der Waals surface area contributed by atoms with Crippen molar-refractivity contribution in [3.05, 3.63) is 61.5 Å². The minimum Gasteiger partial charge on any atom is -0.505 e. The highest BCUT2D eigenvalue weighted by Crippen LogP contribution is 2.34. The molecular formula is C18H11BrCl2N2O4. The van der Waals surface area contributed by atoms with E-state index in [9.17, 15) is 19.5 Å². The van der Waals surface area contributed by atoms with Crippen LogP contribution in [-0.4, -0.2) is 23.0 Å². The standard InChI is InChI=1S/C18H11BrCl2N2O4/c1-8-4-10(2-3-12(8)19)23-17(26)11(16(25)22-18(23)27)5-9-6-13(20)15(24)14(21)7-9/h2-7,24H,1H3,(H,22,25,27). The molecule has 4 amide bonds. The zero-order valence-corrected chi connectivity index (χ0v) is 16.8. The molecule has 2 aromatic rings. The molecule has 0 aromatic heterocycles. The molecule has 0 aliphatic carbocycles. The van der Waals surface area contributed by atoms with E-state index < -0.39 is 17.8 Å². The Kier molecular flexibility index (Phi) is 5.28. The minimum absolute atomic E-state index is 0.0329. The van der Waals surface area contributed by atoms with Crippen LogP contribution >= 0.6 is 39.1 Å². The number of benzene rings is 2. The number of aromatic hydroxyl groups is 1. The third-order valence-corrected chi connectivity index (χ3v) is 5.32. The Bertz CT molecular complexity index is 1010. The number of rotatable bonds is 2. The molecule has 3 rings (SSSR count). The summed E-state index contributed by atoms with van der Waals surface area (Å²) < 4.78 is 0.816. The van der Waals surface area contributed by atoms with Gasteiger partial charge in [0.05, 0.1) is 15.7 Å². The number of carbonyl (C=O) groups is 3. The lowest BCUT2D eigenvalue weighted by Gasteiger charge is -2.26. The van der Waals surface area contributed by atoms with Crippen LogP contribution in [0.3, 0.4) is 0 Å². The number of carbonyl (C=O) groups excluding carboxylic acids is 3. The first kappa shape index (κ1) is 19.4. The van der Waals surface area contributed by atoms with Gasteiger partial charge in [0.25, 0.3) is 11.8 Å². The molecule has 6 nitrogen and oxygen atoms in total. The van der Waals surface area contributed by atoms with Crippen molar-refractivity contribution in [3.8, 4) is 5.75 Å². The first-order valence-electron chi connectivity index (χ1n) is 7.54. The van der Waals surface area contributed by atoms with E-state index in [1.54, 1.807) is 18.2 Å². The summed E-state index contributed by atoms with van der Waals surface area (Å²) >= 11 is 15.1. The van der Waals surface area contributed by atoms with Crippen molar-refractivity contribution in [1.29, 1.82) is 0 Å². The predicted octanol–water partition coefficient (Wildman–Crippen LogP) is 4.44. The van der Waals surface area contributed by atoms with Gasteiger partial charge in [-0.05, 0) is 54.5 Å². The summed E-state index contributed by atoms with van der Waals surface area (Å²) in [5.74, 6) is -1.93. The number of aryl methyl sites for hydroxylation is 1. The molecule has 1 aliphatic rings. The van der Waals surface area contributed by atoms with Gasteiger partial charge in [0.1, 0.15) is 5.57 Å². The van der Waals surface area contributed by atoms with Gasteiger partial charge in [0.2, 0.25) is 0 Å². The minimum atomic E-state index is -0.842. The zero-order valence-electron chi connectivity index (χ0n) is 13.7. The van der Waals surface area contributed by atoms with Gasteiger partial charge >= 0.3 is 6.03 Å². The number of anilines is 1. The summed E-state index contributed by atoms with van der Waals surface area (Å²) in [6.45, 7) is 1.81. The SMILES string of the molecule is Cc1cc(N2C(=O)NC(=O)C(=Cc3cc(Cl)c(O)c(Cl)c3)C2=O)ccc1Br. The number of nitrogens with one attached hydrogen (secondary N) is 1. The first-order valence-corrected chi connectivity index (χ1v) is 9.09. The Morgan fingerprint density at radius 1 is 1.11 bits per heavy atom. The molecule has 1 aliphatic heterocycles. The molecule has 0 atom stereocenters. The number of hydrogen-bond acceptors (Lipinski definition) is 4. The van der Waals surface area contributed by atoms with Gasteiger partial charge in [-0.1, -0.05) is 39.1 Å². The Hall–Kier alpha value is -2.35. The molecule has 2 N–H and O–H groups in total. The quantitative estimate of drug-likeness (QED) is 0.503. The summed E-state index contributed by atoms with van der Waals surface area (Å²) in [6.07, 6.45) is 1.25. The average Bonchev–Trinajstić information content (AvgIpc) is 2.59. The van der Waals surface area contributed by atoms with E-state index >= 15 is 0 Å². The van der Waals surface area contributed by atoms with Gasteiger partial charge < -0.3 is 5.11 Å². The highest BCUT2D eigenvalue weighted by Gasteiger charge is 2.37. The summed E-state index contributed by atoms with van der Waals surface area (Å²) in [5.41, 5.74) is 1.18. The maximum absolute atomic E-state index is 12.8. The molecule has 0 radical (unpaired) electrons. The summed E-state index contributed by atoms with van der Waals surface area (Å²) in [6, 6.07) is 6.77. The highest BCUT2D eigenvalue weighted by molar-refractivity contribution is 9.10. The molecule has 1 fully saturated rings. The molecule has 0 spiro atoms. The Morgan fingerprint density at radius 3 is 2.33 bits per heavy atom. The lowest BCUT2D eigenvalue weighted by Crippen LogP contribution is -2.54. The molecule has 9 heteroatoms. The zero-order chi connectivity index (χ0) is 19.9. The van der Waals surface area contributed by atoms with Crippen LogP contribution in [0.25, 0.3) is 6.08 Å². The van der Waals surface area contributed by atoms with Crippen LogP contribution < -0.4 is 10.2 Å². The average molecular weight is 470 g/mol. The van der Waals surface area contributed by atoms with Crippen molar-refractivity contribution in [2.45, 2.75) is 6.92 Å². The fourth-order valence-corrected chi connectivity index (χ4v) is 3.25. The van der Waals surface area contributed by atoms with E-state index in [2.05, 4.69) is 21.2 Å². The van der Waals surface area contributed by atoms with Gasteiger partial charge in [-0.15, -0.1) is 0 Å². The van der Waals surface area contributed by atoms with Crippen molar-refractivity contribution in [2.75, 3.05) is 4.90 Å². The molecule has 1 heterocycles. The first-order chi connectivity index (χ1) is 12.7. The fraction of sp³-hybridized carbons (Fsp3) is 0.0556. The number of hydrogen-bond donors (Lipinski definition) is 2. The van der Waals surface area contributed by atoms with Gasteiger partial charge in [-0.3, -0.25) is 14.9 Å². The van der Waals surface area contributed by atoms with Gasteiger partial charge in [0, 0.05) is 4.47 Å². The monoisotopic (exact) mass is 468 g/mol. The van der Waals surface area contributed by atoms with Crippen molar-refractivity contribution >= 4 is 68.7 Å². The van der Waals surface area contributed by atoms with Crippen molar-refractivity contribution in [1.82, 2.24) is 5.32 Å². The van der Waals surface area contributed by atoms with Crippen LogP contribution in [0.1, 0.15) is 11.1 Å². The number of nitrogens with zero attached hydrogens (tertiary/aromatic N) is 1. The van der Waals surface area contributed by atoms with Crippen molar-refractivity contribution in [2.24, 2.45) is 0 Å². The van der Waals surface area contributed by atoms with E-state index in [4.69, 9.17) is 23.2 Å².